The van der Waals surface area contributed by atoms with Gasteiger partial charge in [0.05, 0.1) is 75.1 Å². The van der Waals surface area contributed by atoms with Crippen molar-refractivity contribution in [1.29, 1.82) is 0 Å². The standard InChI is InChI=1S/C81H124O16/c1-9-17-25-33-49-86-69-45-41-65(57-73(69)90-53-37-29-21-13-5)77(82)94-61-81(62-95-78(83)66-42-46-70(87-50-34-26-18-10-2)74(58-66)91-54-38-30-22-14-6,63-96-79(84)67-43-47-71(88-51-35-27-19-11-3)75(59-67)92-55-39-31-23-15-7)64-97-80(85)68-44-48-72(89-52-36-28-20-12-4)76(60-68)93-56-40-32-24-16-8/h41-48,57-60H,9-40,49-56,61-64H2,1-8H3. The van der Waals surface area contributed by atoms with Crippen LogP contribution in [-0.4, -0.2) is 103 Å². The number of unbranched alkanes of at least 4 members (excludes halogenated alkanes) is 24. The zero-order chi connectivity index (χ0) is 69.8. The lowest BCUT2D eigenvalue weighted by Crippen LogP contribution is -2.44. The van der Waals surface area contributed by atoms with Crippen molar-refractivity contribution in [2.75, 3.05) is 79.3 Å². The van der Waals surface area contributed by atoms with E-state index in [1.54, 1.807) is 72.8 Å². The number of carbonyl (C=O) groups is 4. The summed E-state index contributed by atoms with van der Waals surface area (Å²) in [5.41, 5.74) is -1.12. The molecule has 0 amide bonds. The third kappa shape index (κ3) is 34.0. The molecule has 0 saturated carbocycles. The Bertz CT molecular complexity index is 2390. The van der Waals surface area contributed by atoms with Gasteiger partial charge in [0.1, 0.15) is 31.8 Å². The first kappa shape index (κ1) is 82.6. The van der Waals surface area contributed by atoms with Crippen molar-refractivity contribution in [2.45, 2.75) is 261 Å². The molecule has 0 aliphatic carbocycles. The maximum absolute atomic E-state index is 14.7. The summed E-state index contributed by atoms with van der Waals surface area (Å²) in [4.78, 5) is 58.7. The largest absolute Gasteiger partial charge is 0.490 e. The van der Waals surface area contributed by atoms with E-state index in [2.05, 4.69) is 55.4 Å². The molecule has 16 heteroatoms. The van der Waals surface area contributed by atoms with Crippen LogP contribution in [0.15, 0.2) is 72.8 Å². The van der Waals surface area contributed by atoms with Crippen LogP contribution in [0.3, 0.4) is 0 Å². The molecule has 4 rings (SSSR count). The van der Waals surface area contributed by atoms with Crippen molar-refractivity contribution in [3.8, 4) is 46.0 Å². The summed E-state index contributed by atoms with van der Waals surface area (Å²) in [6.45, 7) is 18.6. The number of benzene rings is 4. The molecule has 0 N–H and O–H groups in total. The van der Waals surface area contributed by atoms with Gasteiger partial charge in [0.15, 0.2) is 46.0 Å². The molecule has 0 radical (unpaired) electrons. The predicted octanol–water partition coefficient (Wildman–Crippen LogP) is 21.1. The monoisotopic (exact) mass is 1350 g/mol. The van der Waals surface area contributed by atoms with E-state index in [0.29, 0.717) is 98.9 Å². The van der Waals surface area contributed by atoms with E-state index < -0.39 is 55.7 Å². The van der Waals surface area contributed by atoms with Gasteiger partial charge in [-0.3, -0.25) is 0 Å². The highest BCUT2D eigenvalue weighted by Crippen LogP contribution is 2.35. The Balaban J connectivity index is 1.85. The van der Waals surface area contributed by atoms with Gasteiger partial charge < -0.3 is 56.8 Å². The molecule has 0 fully saturated rings. The molecular weight excluding hydrogens is 1230 g/mol. The van der Waals surface area contributed by atoms with Crippen molar-refractivity contribution in [1.82, 2.24) is 0 Å². The number of carbonyl (C=O) groups excluding carboxylic acids is 4. The molecule has 0 bridgehead atoms. The molecule has 0 saturated heterocycles. The second-order valence-corrected chi connectivity index (χ2v) is 25.7. The highest BCUT2D eigenvalue weighted by molar-refractivity contribution is 5.92. The van der Waals surface area contributed by atoms with Crippen molar-refractivity contribution >= 4 is 23.9 Å². The minimum Gasteiger partial charge on any atom is -0.490 e. The van der Waals surface area contributed by atoms with Crippen LogP contribution in [0.5, 0.6) is 46.0 Å². The van der Waals surface area contributed by atoms with Gasteiger partial charge in [-0.1, -0.05) is 209 Å². The smallest absolute Gasteiger partial charge is 0.338 e. The second-order valence-electron chi connectivity index (χ2n) is 25.7. The van der Waals surface area contributed by atoms with Crippen LogP contribution in [0.1, 0.15) is 302 Å². The van der Waals surface area contributed by atoms with Gasteiger partial charge in [-0.05, 0) is 124 Å². The first-order valence-corrected chi connectivity index (χ1v) is 37.8. The number of ether oxygens (including phenoxy) is 12. The van der Waals surface area contributed by atoms with Gasteiger partial charge in [0, 0.05) is 0 Å². The molecule has 0 aliphatic heterocycles. The van der Waals surface area contributed by atoms with Crippen LogP contribution in [0, 0.1) is 5.41 Å². The van der Waals surface area contributed by atoms with Gasteiger partial charge in [0.2, 0.25) is 0 Å². The summed E-state index contributed by atoms with van der Waals surface area (Å²) >= 11 is 0. The number of rotatable bonds is 60. The summed E-state index contributed by atoms with van der Waals surface area (Å²) < 4.78 is 75.4. The van der Waals surface area contributed by atoms with Crippen LogP contribution in [0.25, 0.3) is 0 Å². The third-order valence-corrected chi connectivity index (χ3v) is 16.8. The second kappa shape index (κ2) is 52.3. The Morgan fingerprint density at radius 2 is 0.392 bits per heavy atom. The van der Waals surface area contributed by atoms with Gasteiger partial charge in [-0.25, -0.2) is 19.2 Å². The predicted molar refractivity (Wildman–Crippen MR) is 386 cm³/mol. The minimum absolute atomic E-state index is 0.154. The topological polar surface area (TPSA) is 179 Å². The SMILES string of the molecule is CCCCCCOc1ccc(C(=O)OCC(COC(=O)c2ccc(OCCCCCC)c(OCCCCCC)c2)(COC(=O)c2ccc(OCCCCCC)c(OCCCCCC)c2)COC(=O)c2ccc(OCCCCCC)c(OCCCCCC)c2)cc1OCCCCCC. The van der Waals surface area contributed by atoms with Crippen LogP contribution >= 0.6 is 0 Å². The van der Waals surface area contributed by atoms with Crippen molar-refractivity contribution in [3.05, 3.63) is 95.1 Å². The fourth-order valence-electron chi connectivity index (χ4n) is 10.6. The molecule has 0 atom stereocenters. The Labute approximate surface area is 583 Å². The minimum atomic E-state index is -1.74. The Kier molecular flexibility index (Phi) is 44.5. The van der Waals surface area contributed by atoms with Gasteiger partial charge in [-0.15, -0.1) is 0 Å². The number of esters is 4. The summed E-state index contributed by atoms with van der Waals surface area (Å²) in [5.74, 6) is 0.579. The number of hydrogen-bond acceptors (Lipinski definition) is 16. The first-order valence-electron chi connectivity index (χ1n) is 37.8. The fourth-order valence-corrected chi connectivity index (χ4v) is 10.6. The number of hydrogen-bond donors (Lipinski definition) is 0. The molecular formula is C81H124O16. The zero-order valence-corrected chi connectivity index (χ0v) is 61.1. The average molecular weight is 1350 g/mol. The highest BCUT2D eigenvalue weighted by atomic mass is 16.6. The Morgan fingerprint density at radius 3 is 0.557 bits per heavy atom. The molecule has 0 spiro atoms. The third-order valence-electron chi connectivity index (χ3n) is 16.8. The van der Waals surface area contributed by atoms with Crippen LogP contribution in [0.2, 0.25) is 0 Å². The molecule has 97 heavy (non-hydrogen) atoms. The van der Waals surface area contributed by atoms with Gasteiger partial charge in [0.25, 0.3) is 0 Å². The molecule has 0 unspecified atom stereocenters. The summed E-state index contributed by atoms with van der Waals surface area (Å²) in [5, 5.41) is 0. The van der Waals surface area contributed by atoms with Crippen LogP contribution in [-0.2, 0) is 18.9 Å². The molecule has 4 aromatic rings. The normalized spacial score (nSPS) is 11.2. The summed E-state index contributed by atoms with van der Waals surface area (Å²) in [6.07, 6.45) is 32.0. The fraction of sp³-hybridized carbons (Fsp3) is 0.654. The van der Waals surface area contributed by atoms with Gasteiger partial charge in [-0.2, -0.15) is 0 Å². The quantitative estimate of drug-likeness (QED) is 0.0231. The maximum Gasteiger partial charge on any atom is 0.338 e. The summed E-state index contributed by atoms with van der Waals surface area (Å²) in [7, 11) is 0. The van der Waals surface area contributed by atoms with Crippen LogP contribution in [0.4, 0.5) is 0 Å². The van der Waals surface area contributed by atoms with E-state index in [1.165, 1.54) is 0 Å². The lowest BCUT2D eigenvalue weighted by Gasteiger charge is -2.31. The molecule has 16 nitrogen and oxygen atoms in total. The van der Waals surface area contributed by atoms with Gasteiger partial charge >= 0.3 is 23.9 Å². The Hall–Kier alpha value is -6.84. The van der Waals surface area contributed by atoms with E-state index in [0.717, 1.165) is 205 Å². The highest BCUT2D eigenvalue weighted by Gasteiger charge is 2.39. The molecule has 544 valence electrons. The van der Waals surface area contributed by atoms with Crippen molar-refractivity contribution < 1.29 is 76.0 Å². The average Bonchev–Trinajstić information content (AvgIpc) is 0.989. The lowest BCUT2D eigenvalue weighted by atomic mass is 9.92. The Morgan fingerprint density at radius 1 is 0.227 bits per heavy atom. The lowest BCUT2D eigenvalue weighted by molar-refractivity contribution is -0.0642. The van der Waals surface area contributed by atoms with E-state index >= 15 is 0 Å². The first-order chi connectivity index (χ1) is 47.5. The van der Waals surface area contributed by atoms with E-state index in [-0.39, 0.29) is 22.3 Å². The van der Waals surface area contributed by atoms with E-state index in [1.807, 2.05) is 0 Å². The van der Waals surface area contributed by atoms with Crippen LogP contribution < -0.4 is 37.9 Å². The maximum atomic E-state index is 14.7. The van der Waals surface area contributed by atoms with E-state index in [9.17, 15) is 19.2 Å². The zero-order valence-electron chi connectivity index (χ0n) is 61.1. The molecule has 0 heterocycles. The molecule has 0 aromatic heterocycles. The summed E-state index contributed by atoms with van der Waals surface area (Å²) in [6, 6.07) is 19.7. The molecule has 0 aliphatic rings. The van der Waals surface area contributed by atoms with E-state index in [4.69, 9.17) is 56.8 Å². The molecule has 4 aromatic carbocycles. The van der Waals surface area contributed by atoms with Crippen molar-refractivity contribution in [2.24, 2.45) is 5.41 Å². The van der Waals surface area contributed by atoms with Crippen molar-refractivity contribution in [3.63, 3.8) is 0 Å².